The van der Waals surface area contributed by atoms with Crippen LogP contribution in [-0.4, -0.2) is 18.1 Å². The standard InChI is InChI=1S/C10H8O4S.Na.H/c11-10-3-1-2-7-4-5-8(6-9(7)10)15(12,13)14;;/h1-6,11H,(H,12,13,14);;/q;+1;-1. The summed E-state index contributed by atoms with van der Waals surface area (Å²) < 4.78 is 30.6. The van der Waals surface area contributed by atoms with E-state index in [1.54, 1.807) is 12.1 Å². The van der Waals surface area contributed by atoms with Crippen LogP contribution >= 0.6 is 0 Å². The number of benzene rings is 2. The molecule has 0 aliphatic carbocycles. The van der Waals surface area contributed by atoms with Crippen LogP contribution in [0.2, 0.25) is 0 Å². The summed E-state index contributed by atoms with van der Waals surface area (Å²) in [6.45, 7) is 0. The van der Waals surface area contributed by atoms with Crippen LogP contribution in [0, 0.1) is 0 Å². The molecule has 16 heavy (non-hydrogen) atoms. The van der Waals surface area contributed by atoms with E-state index in [9.17, 15) is 13.5 Å². The van der Waals surface area contributed by atoms with Gasteiger partial charge in [-0.15, -0.1) is 0 Å². The van der Waals surface area contributed by atoms with Crippen LogP contribution in [-0.2, 0) is 10.1 Å². The first-order valence-corrected chi connectivity index (χ1v) is 5.62. The van der Waals surface area contributed by atoms with Gasteiger partial charge in [-0.2, -0.15) is 8.42 Å². The summed E-state index contributed by atoms with van der Waals surface area (Å²) in [5, 5.41) is 10.6. The topological polar surface area (TPSA) is 74.6 Å². The molecule has 2 rings (SSSR count). The summed E-state index contributed by atoms with van der Waals surface area (Å²) in [5.41, 5.74) is 0. The van der Waals surface area contributed by atoms with E-state index in [-0.39, 0.29) is 41.6 Å². The zero-order valence-corrected chi connectivity index (χ0v) is 11.4. The maximum absolute atomic E-state index is 10.9. The van der Waals surface area contributed by atoms with Crippen LogP contribution < -0.4 is 29.6 Å². The van der Waals surface area contributed by atoms with E-state index in [1.807, 2.05) is 0 Å². The summed E-state index contributed by atoms with van der Waals surface area (Å²) in [5.74, 6) is -0.0157. The van der Waals surface area contributed by atoms with Gasteiger partial charge in [-0.25, -0.2) is 0 Å². The summed E-state index contributed by atoms with van der Waals surface area (Å²) in [6.07, 6.45) is 0. The van der Waals surface area contributed by atoms with E-state index in [0.29, 0.717) is 10.8 Å². The fourth-order valence-electron chi connectivity index (χ4n) is 1.40. The van der Waals surface area contributed by atoms with Crippen molar-refractivity contribution in [1.82, 2.24) is 0 Å². The molecule has 0 spiro atoms. The van der Waals surface area contributed by atoms with Crippen LogP contribution in [0.25, 0.3) is 10.8 Å². The molecule has 4 nitrogen and oxygen atoms in total. The molecule has 80 valence electrons. The van der Waals surface area contributed by atoms with Crippen LogP contribution in [0.1, 0.15) is 1.43 Å². The van der Waals surface area contributed by atoms with Gasteiger partial charge in [-0.3, -0.25) is 4.55 Å². The Morgan fingerprint density at radius 3 is 2.44 bits per heavy atom. The third kappa shape index (κ3) is 2.56. The number of phenolic OH excluding ortho intramolecular Hbond substituents is 1. The number of phenols is 1. The zero-order chi connectivity index (χ0) is 11.1. The Bertz CT molecular complexity index is 627. The molecule has 0 radical (unpaired) electrons. The van der Waals surface area contributed by atoms with Gasteiger partial charge in [0.05, 0.1) is 4.90 Å². The average Bonchev–Trinajstić information content (AvgIpc) is 2.16. The van der Waals surface area contributed by atoms with Gasteiger partial charge in [0.25, 0.3) is 10.1 Å². The molecular weight excluding hydrogens is 239 g/mol. The summed E-state index contributed by atoms with van der Waals surface area (Å²) in [7, 11) is -4.22. The predicted molar refractivity (Wildman–Crippen MR) is 56.5 cm³/mol. The third-order valence-corrected chi connectivity index (χ3v) is 2.98. The van der Waals surface area contributed by atoms with Crippen LogP contribution in [0.4, 0.5) is 0 Å². The zero-order valence-electron chi connectivity index (χ0n) is 9.58. The molecule has 6 heteroatoms. The van der Waals surface area contributed by atoms with E-state index >= 15 is 0 Å². The van der Waals surface area contributed by atoms with Crippen LogP contribution in [0.3, 0.4) is 0 Å². The average molecular weight is 248 g/mol. The summed E-state index contributed by atoms with van der Waals surface area (Å²) in [6, 6.07) is 8.90. The minimum atomic E-state index is -4.22. The van der Waals surface area contributed by atoms with Crippen molar-refractivity contribution in [1.29, 1.82) is 0 Å². The molecule has 2 N–H and O–H groups in total. The van der Waals surface area contributed by atoms with Gasteiger partial charge in [-0.1, -0.05) is 18.2 Å². The Kier molecular flexibility index (Phi) is 3.98. The van der Waals surface area contributed by atoms with E-state index < -0.39 is 10.1 Å². The molecule has 0 amide bonds. The minimum absolute atomic E-state index is 0. The first-order valence-electron chi connectivity index (χ1n) is 4.18. The Morgan fingerprint density at radius 2 is 1.81 bits per heavy atom. The van der Waals surface area contributed by atoms with Gasteiger partial charge in [0.2, 0.25) is 0 Å². The molecule has 0 aliphatic rings. The molecule has 0 aliphatic heterocycles. The first-order chi connectivity index (χ1) is 6.98. The second-order valence-corrected chi connectivity index (χ2v) is 4.56. The Labute approximate surface area is 116 Å². The number of hydrogen-bond acceptors (Lipinski definition) is 3. The number of hydrogen-bond donors (Lipinski definition) is 2. The third-order valence-electron chi connectivity index (χ3n) is 2.13. The van der Waals surface area contributed by atoms with Gasteiger partial charge in [0, 0.05) is 5.39 Å². The Morgan fingerprint density at radius 1 is 1.12 bits per heavy atom. The van der Waals surface area contributed by atoms with Crippen molar-refractivity contribution in [3.8, 4) is 5.75 Å². The molecule has 0 unspecified atom stereocenters. The second-order valence-electron chi connectivity index (χ2n) is 3.14. The van der Waals surface area contributed by atoms with Crippen molar-refractivity contribution in [2.75, 3.05) is 0 Å². The molecule has 0 aromatic heterocycles. The van der Waals surface area contributed by atoms with Crippen molar-refractivity contribution < 1.29 is 49.1 Å². The van der Waals surface area contributed by atoms with E-state index in [1.165, 1.54) is 24.3 Å². The predicted octanol–water partition coefficient (Wildman–Crippen LogP) is -1.09. The van der Waals surface area contributed by atoms with Gasteiger partial charge in [0.15, 0.2) is 0 Å². The quantitative estimate of drug-likeness (QED) is 0.496. The Hall–Kier alpha value is -0.590. The summed E-state index contributed by atoms with van der Waals surface area (Å²) >= 11 is 0. The minimum Gasteiger partial charge on any atom is -1.00 e. The number of fused-ring (bicyclic) bond motifs is 1. The van der Waals surface area contributed by atoms with Gasteiger partial charge >= 0.3 is 29.6 Å². The van der Waals surface area contributed by atoms with Crippen molar-refractivity contribution in [3.63, 3.8) is 0 Å². The molecule has 0 saturated carbocycles. The maximum Gasteiger partial charge on any atom is 1.00 e. The fourth-order valence-corrected chi connectivity index (χ4v) is 1.90. The summed E-state index contributed by atoms with van der Waals surface area (Å²) in [4.78, 5) is -0.225. The van der Waals surface area contributed by atoms with E-state index in [0.717, 1.165) is 0 Å². The van der Waals surface area contributed by atoms with Crippen molar-refractivity contribution in [3.05, 3.63) is 36.4 Å². The molecular formula is C10H9NaO4S. The smallest absolute Gasteiger partial charge is 1.00 e. The van der Waals surface area contributed by atoms with Gasteiger partial charge in [0.1, 0.15) is 5.75 Å². The van der Waals surface area contributed by atoms with Gasteiger partial charge in [-0.05, 0) is 23.6 Å². The molecule has 0 saturated heterocycles. The fraction of sp³-hybridized carbons (Fsp3) is 0. The second kappa shape index (κ2) is 4.73. The van der Waals surface area contributed by atoms with E-state index in [4.69, 9.17) is 4.55 Å². The monoisotopic (exact) mass is 248 g/mol. The maximum atomic E-state index is 10.9. The molecule has 0 atom stereocenters. The number of aromatic hydroxyl groups is 1. The van der Waals surface area contributed by atoms with Crippen LogP contribution in [0.15, 0.2) is 41.3 Å². The van der Waals surface area contributed by atoms with Crippen molar-refractivity contribution in [2.24, 2.45) is 0 Å². The van der Waals surface area contributed by atoms with Crippen molar-refractivity contribution >= 4 is 20.9 Å². The largest absolute Gasteiger partial charge is 1.00 e. The molecule has 0 bridgehead atoms. The first kappa shape index (κ1) is 13.5. The molecule has 0 heterocycles. The van der Waals surface area contributed by atoms with E-state index in [2.05, 4.69) is 0 Å². The molecule has 2 aromatic rings. The van der Waals surface area contributed by atoms with Gasteiger partial charge < -0.3 is 6.53 Å². The normalized spacial score (nSPS) is 11.1. The number of rotatable bonds is 1. The SMILES string of the molecule is O=S(=O)(O)c1ccc2cccc(O)c2c1.[H-].[Na+]. The van der Waals surface area contributed by atoms with Crippen molar-refractivity contribution in [2.45, 2.75) is 4.90 Å². The Balaban J connectivity index is 0.00000128. The molecule has 0 fully saturated rings. The molecule has 2 aromatic carbocycles. The van der Waals surface area contributed by atoms with Crippen LogP contribution in [0.5, 0.6) is 5.75 Å².